The second-order valence-electron chi connectivity index (χ2n) is 3.80. The van der Waals surface area contributed by atoms with Crippen LogP contribution in [0.2, 0.25) is 5.02 Å². The van der Waals surface area contributed by atoms with Crippen LogP contribution >= 0.6 is 24.0 Å². The van der Waals surface area contributed by atoms with Crippen molar-refractivity contribution in [1.82, 2.24) is 4.90 Å². The van der Waals surface area contributed by atoms with Gasteiger partial charge in [-0.15, -0.1) is 12.4 Å². The summed E-state index contributed by atoms with van der Waals surface area (Å²) in [5.41, 5.74) is 12.2. The van der Waals surface area contributed by atoms with E-state index in [1.54, 1.807) is 6.07 Å². The third-order valence-corrected chi connectivity index (χ3v) is 2.75. The zero-order valence-electron chi connectivity index (χ0n) is 10.8. The normalized spacial score (nSPS) is 10.7. The van der Waals surface area contributed by atoms with Crippen LogP contribution in [0.5, 0.6) is 0 Å². The Kier molecular flexibility index (Phi) is 7.95. The molecule has 0 heterocycles. The fourth-order valence-electron chi connectivity index (χ4n) is 1.46. The zero-order valence-corrected chi connectivity index (χ0v) is 12.3. The highest BCUT2D eigenvalue weighted by atomic mass is 35.5. The molecule has 1 aromatic carbocycles. The Bertz CT molecular complexity index is 448. The Morgan fingerprint density at radius 3 is 2.53 bits per heavy atom. The van der Waals surface area contributed by atoms with E-state index in [1.807, 2.05) is 25.1 Å². The van der Waals surface area contributed by atoms with E-state index in [-0.39, 0.29) is 24.3 Å². The van der Waals surface area contributed by atoms with E-state index in [9.17, 15) is 0 Å². The van der Waals surface area contributed by atoms with Crippen molar-refractivity contribution < 1.29 is 0 Å². The Hall–Kier alpha value is -1.46. The van der Waals surface area contributed by atoms with Gasteiger partial charge in [0.15, 0.2) is 11.9 Å². The van der Waals surface area contributed by atoms with Crippen LogP contribution in [0.15, 0.2) is 29.3 Å². The van der Waals surface area contributed by atoms with Gasteiger partial charge in [0, 0.05) is 11.6 Å². The van der Waals surface area contributed by atoms with Crippen molar-refractivity contribution in [3.8, 4) is 0 Å². The number of hydrogen-bond donors (Lipinski definition) is 3. The number of aliphatic imine (C=N–C) groups is 1. The number of nitrogens with one attached hydrogen (secondary N) is 1. The van der Waals surface area contributed by atoms with Gasteiger partial charge in [0.05, 0.1) is 6.54 Å². The van der Waals surface area contributed by atoms with Crippen LogP contribution in [0.4, 0.5) is 0 Å². The molecule has 0 bridgehead atoms. The maximum atomic E-state index is 7.43. The van der Waals surface area contributed by atoms with E-state index >= 15 is 0 Å². The third-order valence-electron chi connectivity index (χ3n) is 2.38. The fraction of sp³-hybridized carbons (Fsp3) is 0.333. The average Bonchev–Trinajstić information content (AvgIpc) is 2.34. The van der Waals surface area contributed by atoms with Gasteiger partial charge < -0.3 is 11.5 Å². The molecule has 0 unspecified atom stereocenters. The van der Waals surface area contributed by atoms with Gasteiger partial charge in [-0.3, -0.25) is 10.3 Å². The van der Waals surface area contributed by atoms with Gasteiger partial charge >= 0.3 is 0 Å². The molecule has 0 aliphatic heterocycles. The summed E-state index contributed by atoms with van der Waals surface area (Å²) in [6, 6.07) is 7.44. The van der Waals surface area contributed by atoms with Crippen molar-refractivity contribution in [3.05, 3.63) is 34.9 Å². The molecule has 106 valence electrons. The Morgan fingerprint density at radius 1 is 1.37 bits per heavy atom. The minimum atomic E-state index is -0.0998. The summed E-state index contributed by atoms with van der Waals surface area (Å²) in [7, 11) is 0. The van der Waals surface area contributed by atoms with Crippen LogP contribution in [-0.4, -0.2) is 23.4 Å². The SMILES string of the molecule is CCCN(C(=N)N)C(N)=NCc1ccccc1Cl.Cl. The largest absolute Gasteiger partial charge is 0.370 e. The summed E-state index contributed by atoms with van der Waals surface area (Å²) >= 11 is 6.02. The standard InChI is InChI=1S/C12H18ClN5.ClH/c1-2-7-18(11(14)15)12(16)17-8-9-5-3-4-6-10(9)13;/h3-6H,2,7-8H2,1H3,(H3,14,15)(H2,16,17);1H. The van der Waals surface area contributed by atoms with Crippen molar-refractivity contribution in [2.45, 2.75) is 19.9 Å². The van der Waals surface area contributed by atoms with Crippen LogP contribution in [0, 0.1) is 5.41 Å². The molecular weight excluding hydrogens is 285 g/mol. The Balaban J connectivity index is 0.00000324. The lowest BCUT2D eigenvalue weighted by Gasteiger charge is -2.20. The number of nitrogens with zero attached hydrogens (tertiary/aromatic N) is 2. The quantitative estimate of drug-likeness (QED) is 0.588. The predicted molar refractivity (Wildman–Crippen MR) is 82.9 cm³/mol. The lowest BCUT2D eigenvalue weighted by molar-refractivity contribution is 0.575. The molecule has 0 aromatic heterocycles. The molecule has 7 heteroatoms. The summed E-state index contributed by atoms with van der Waals surface area (Å²) in [5, 5.41) is 8.08. The average molecular weight is 304 g/mol. The van der Waals surface area contributed by atoms with Crippen molar-refractivity contribution in [2.75, 3.05) is 6.54 Å². The number of hydrogen-bond acceptors (Lipinski definition) is 2. The van der Waals surface area contributed by atoms with Gasteiger partial charge in [-0.1, -0.05) is 36.7 Å². The minimum Gasteiger partial charge on any atom is -0.370 e. The molecule has 0 radical (unpaired) electrons. The Labute approximate surface area is 124 Å². The van der Waals surface area contributed by atoms with E-state index in [0.717, 1.165) is 12.0 Å². The molecule has 1 aromatic rings. The maximum Gasteiger partial charge on any atom is 0.198 e. The number of guanidine groups is 2. The highest BCUT2D eigenvalue weighted by molar-refractivity contribution is 6.31. The monoisotopic (exact) mass is 303 g/mol. The number of rotatable bonds is 4. The van der Waals surface area contributed by atoms with Gasteiger partial charge in [0.2, 0.25) is 0 Å². The van der Waals surface area contributed by atoms with Gasteiger partial charge in [0.1, 0.15) is 0 Å². The molecule has 0 saturated heterocycles. The lowest BCUT2D eigenvalue weighted by Crippen LogP contribution is -2.45. The second kappa shape index (κ2) is 8.61. The highest BCUT2D eigenvalue weighted by Crippen LogP contribution is 2.15. The molecule has 19 heavy (non-hydrogen) atoms. The first-order valence-electron chi connectivity index (χ1n) is 5.71. The van der Waals surface area contributed by atoms with E-state index in [1.165, 1.54) is 4.90 Å². The zero-order chi connectivity index (χ0) is 13.5. The molecule has 0 saturated carbocycles. The molecule has 0 aliphatic carbocycles. The first kappa shape index (κ1) is 17.5. The van der Waals surface area contributed by atoms with Crippen LogP contribution in [0.25, 0.3) is 0 Å². The summed E-state index contributed by atoms with van der Waals surface area (Å²) in [6.45, 7) is 2.93. The van der Waals surface area contributed by atoms with Crippen LogP contribution in [-0.2, 0) is 6.54 Å². The molecule has 1 rings (SSSR count). The van der Waals surface area contributed by atoms with Crippen LogP contribution in [0.3, 0.4) is 0 Å². The molecule has 0 spiro atoms. The lowest BCUT2D eigenvalue weighted by atomic mass is 10.2. The van der Waals surface area contributed by atoms with Gasteiger partial charge in [-0.2, -0.15) is 0 Å². The molecule has 0 fully saturated rings. The first-order valence-corrected chi connectivity index (χ1v) is 6.09. The van der Waals surface area contributed by atoms with Gasteiger partial charge in [0.25, 0.3) is 0 Å². The molecule has 0 amide bonds. The highest BCUT2D eigenvalue weighted by Gasteiger charge is 2.09. The van der Waals surface area contributed by atoms with Crippen molar-refractivity contribution >= 4 is 35.9 Å². The van der Waals surface area contributed by atoms with Gasteiger partial charge in [-0.05, 0) is 18.1 Å². The van der Waals surface area contributed by atoms with Crippen LogP contribution < -0.4 is 11.5 Å². The minimum absolute atomic E-state index is 0. The van der Waals surface area contributed by atoms with Crippen molar-refractivity contribution in [1.29, 1.82) is 5.41 Å². The van der Waals surface area contributed by atoms with Crippen molar-refractivity contribution in [3.63, 3.8) is 0 Å². The van der Waals surface area contributed by atoms with Gasteiger partial charge in [-0.25, -0.2) is 4.99 Å². The summed E-state index contributed by atoms with van der Waals surface area (Å²) in [6.07, 6.45) is 0.835. The fourth-order valence-corrected chi connectivity index (χ4v) is 1.66. The van der Waals surface area contributed by atoms with E-state index in [0.29, 0.717) is 18.1 Å². The smallest absolute Gasteiger partial charge is 0.198 e. The summed E-state index contributed by atoms with van der Waals surface area (Å²) < 4.78 is 0. The molecule has 0 atom stereocenters. The number of halogens is 2. The molecule has 5 nitrogen and oxygen atoms in total. The molecular formula is C12H19Cl2N5. The topological polar surface area (TPSA) is 91.5 Å². The maximum absolute atomic E-state index is 7.43. The molecule has 0 aliphatic rings. The first-order chi connectivity index (χ1) is 8.56. The predicted octanol–water partition coefficient (Wildman–Crippen LogP) is 2.18. The summed E-state index contributed by atoms with van der Waals surface area (Å²) in [4.78, 5) is 5.68. The van der Waals surface area contributed by atoms with E-state index in [2.05, 4.69) is 4.99 Å². The summed E-state index contributed by atoms with van der Waals surface area (Å²) in [5.74, 6) is 0.140. The number of nitrogens with two attached hydrogens (primary N) is 2. The van der Waals surface area contributed by atoms with Crippen molar-refractivity contribution in [2.24, 2.45) is 16.5 Å². The number of benzene rings is 1. The van der Waals surface area contributed by atoms with E-state index in [4.69, 9.17) is 28.5 Å². The molecule has 5 N–H and O–H groups in total. The Morgan fingerprint density at radius 2 is 2.00 bits per heavy atom. The van der Waals surface area contributed by atoms with Crippen LogP contribution in [0.1, 0.15) is 18.9 Å². The second-order valence-corrected chi connectivity index (χ2v) is 4.21. The third kappa shape index (κ3) is 5.36. The van der Waals surface area contributed by atoms with E-state index < -0.39 is 0 Å².